The standard InChI is InChI=1S/C6H9BF3O2.K/c1-12-6(11)4-2-3-5-7(8,9)10;/h2,4H,3,5H2,1H3;/q-1;+1/b4-2+;. The summed E-state index contributed by atoms with van der Waals surface area (Å²) >= 11 is 0. The van der Waals surface area contributed by atoms with Gasteiger partial charge in [-0.3, -0.25) is 0 Å². The van der Waals surface area contributed by atoms with Gasteiger partial charge in [-0.25, -0.2) is 4.79 Å². The molecule has 0 aromatic heterocycles. The summed E-state index contributed by atoms with van der Waals surface area (Å²) in [5.74, 6) is -0.635. The molecule has 0 aromatic carbocycles. The molecule has 0 radical (unpaired) electrons. The third-order valence-electron chi connectivity index (χ3n) is 1.12. The second-order valence-corrected chi connectivity index (χ2v) is 2.21. The van der Waals surface area contributed by atoms with Gasteiger partial charge >= 0.3 is 64.3 Å². The molecule has 0 aliphatic heterocycles. The third-order valence-corrected chi connectivity index (χ3v) is 1.12. The van der Waals surface area contributed by atoms with E-state index in [4.69, 9.17) is 0 Å². The van der Waals surface area contributed by atoms with Crippen LogP contribution in [0, 0.1) is 0 Å². The Balaban J connectivity index is 0. The number of carbonyl (C=O) groups is 1. The van der Waals surface area contributed by atoms with Gasteiger partial charge in [0, 0.05) is 6.08 Å². The predicted molar refractivity (Wildman–Crippen MR) is 39.7 cm³/mol. The van der Waals surface area contributed by atoms with E-state index in [-0.39, 0.29) is 57.8 Å². The Labute approximate surface area is 117 Å². The van der Waals surface area contributed by atoms with Crippen LogP contribution in [0.5, 0.6) is 0 Å². The second kappa shape index (κ2) is 8.05. The fourth-order valence-electron chi connectivity index (χ4n) is 0.533. The van der Waals surface area contributed by atoms with Crippen molar-refractivity contribution in [2.24, 2.45) is 0 Å². The molecule has 0 bridgehead atoms. The van der Waals surface area contributed by atoms with Crippen molar-refractivity contribution in [2.45, 2.75) is 12.7 Å². The monoisotopic (exact) mass is 220 g/mol. The smallest absolute Gasteiger partial charge is 0.466 e. The molecule has 13 heavy (non-hydrogen) atoms. The maximum absolute atomic E-state index is 11.6. The molecule has 70 valence electrons. The summed E-state index contributed by atoms with van der Waals surface area (Å²) in [5, 5.41) is 0. The predicted octanol–water partition coefficient (Wildman–Crippen LogP) is -1.04. The molecule has 0 aliphatic rings. The molecule has 0 heterocycles. The number of ether oxygens (including phenoxy) is 1. The van der Waals surface area contributed by atoms with E-state index < -0.39 is 19.3 Å². The maximum atomic E-state index is 11.6. The van der Waals surface area contributed by atoms with Gasteiger partial charge < -0.3 is 17.7 Å². The van der Waals surface area contributed by atoms with Crippen LogP contribution in [0.4, 0.5) is 12.9 Å². The van der Waals surface area contributed by atoms with Gasteiger partial charge in [-0.15, -0.1) is 0 Å². The Bertz CT molecular complexity index is 181. The zero-order chi connectivity index (χ0) is 9.61. The van der Waals surface area contributed by atoms with Gasteiger partial charge in [-0.1, -0.05) is 18.8 Å². The van der Waals surface area contributed by atoms with E-state index in [9.17, 15) is 17.7 Å². The number of carbonyl (C=O) groups excluding carboxylic acids is 1. The Morgan fingerprint density at radius 3 is 2.38 bits per heavy atom. The third kappa shape index (κ3) is 12.7. The zero-order valence-electron chi connectivity index (χ0n) is 7.60. The largest absolute Gasteiger partial charge is 1.00 e. The van der Waals surface area contributed by atoms with Crippen LogP contribution >= 0.6 is 0 Å². The van der Waals surface area contributed by atoms with E-state index in [0.29, 0.717) is 0 Å². The number of allylic oxidation sites excluding steroid dienone is 1. The molecule has 0 saturated carbocycles. The van der Waals surface area contributed by atoms with E-state index in [1.165, 1.54) is 7.11 Å². The first-order valence-corrected chi connectivity index (χ1v) is 3.41. The van der Waals surface area contributed by atoms with Crippen molar-refractivity contribution < 1.29 is 73.9 Å². The molecule has 0 amide bonds. The van der Waals surface area contributed by atoms with Crippen LogP contribution in [-0.4, -0.2) is 20.1 Å². The van der Waals surface area contributed by atoms with Gasteiger partial charge in [0.1, 0.15) is 0 Å². The van der Waals surface area contributed by atoms with Gasteiger partial charge in [-0.05, 0) is 0 Å². The van der Waals surface area contributed by atoms with Crippen LogP contribution in [0.2, 0.25) is 6.32 Å². The molecule has 0 N–H and O–H groups in total. The van der Waals surface area contributed by atoms with Crippen LogP contribution in [0.1, 0.15) is 6.42 Å². The number of halogens is 3. The van der Waals surface area contributed by atoms with Crippen molar-refractivity contribution in [1.82, 2.24) is 0 Å². The molecule has 0 unspecified atom stereocenters. The quantitative estimate of drug-likeness (QED) is 0.343. The Morgan fingerprint density at radius 1 is 1.46 bits per heavy atom. The Hall–Kier alpha value is 0.701. The Morgan fingerprint density at radius 2 is 2.00 bits per heavy atom. The average molecular weight is 220 g/mol. The van der Waals surface area contributed by atoms with Gasteiger partial charge in [-0.2, -0.15) is 0 Å². The molecule has 0 spiro atoms. The summed E-state index contributed by atoms with van der Waals surface area (Å²) in [7, 11) is 1.17. The number of methoxy groups -OCH3 is 1. The molecular weight excluding hydrogens is 211 g/mol. The summed E-state index contributed by atoms with van der Waals surface area (Å²) in [6, 6.07) is 0. The average Bonchev–Trinajstić information content (AvgIpc) is 1.96. The topological polar surface area (TPSA) is 26.3 Å². The first kappa shape index (κ1) is 16.1. The molecule has 0 atom stereocenters. The van der Waals surface area contributed by atoms with E-state index in [1.54, 1.807) is 0 Å². The molecule has 0 saturated heterocycles. The molecule has 7 heteroatoms. The van der Waals surface area contributed by atoms with Crippen LogP contribution in [-0.2, 0) is 9.53 Å². The van der Waals surface area contributed by atoms with Gasteiger partial charge in [0.15, 0.2) is 0 Å². The van der Waals surface area contributed by atoms with Crippen LogP contribution in [0.25, 0.3) is 0 Å². The van der Waals surface area contributed by atoms with Gasteiger partial charge in [0.25, 0.3) is 0 Å². The van der Waals surface area contributed by atoms with Crippen molar-refractivity contribution in [3.05, 3.63) is 12.2 Å². The van der Waals surface area contributed by atoms with Crippen molar-refractivity contribution in [3.63, 3.8) is 0 Å². The molecule has 0 aliphatic carbocycles. The van der Waals surface area contributed by atoms with Crippen LogP contribution in [0.3, 0.4) is 0 Å². The normalized spacial score (nSPS) is 11.1. The molecule has 0 rings (SSSR count). The number of hydrogen-bond acceptors (Lipinski definition) is 2. The molecule has 2 nitrogen and oxygen atoms in total. The SMILES string of the molecule is COC(=O)/C=C/CC[B-](F)(F)F.[K+]. The van der Waals surface area contributed by atoms with Crippen molar-refractivity contribution >= 4 is 12.9 Å². The van der Waals surface area contributed by atoms with Gasteiger partial charge in [0.2, 0.25) is 0 Å². The number of hydrogen-bond donors (Lipinski definition) is 0. The summed E-state index contributed by atoms with van der Waals surface area (Å²) in [6.45, 7) is -4.74. The van der Waals surface area contributed by atoms with Crippen LogP contribution in [0.15, 0.2) is 12.2 Å². The van der Waals surface area contributed by atoms with Crippen LogP contribution < -0.4 is 51.4 Å². The molecular formula is C6H9BF3KO2. The minimum absolute atomic E-state index is 0. The summed E-state index contributed by atoms with van der Waals surface area (Å²) in [6.07, 6.45) is 1.12. The maximum Gasteiger partial charge on any atom is 1.00 e. The van der Waals surface area contributed by atoms with Crippen molar-refractivity contribution in [2.75, 3.05) is 7.11 Å². The molecule has 0 aromatic rings. The van der Waals surface area contributed by atoms with Gasteiger partial charge in [0.05, 0.1) is 7.11 Å². The zero-order valence-corrected chi connectivity index (χ0v) is 10.7. The second-order valence-electron chi connectivity index (χ2n) is 2.21. The summed E-state index contributed by atoms with van der Waals surface area (Å²) in [4.78, 5) is 10.4. The van der Waals surface area contributed by atoms with Crippen molar-refractivity contribution in [3.8, 4) is 0 Å². The molecule has 0 fully saturated rings. The van der Waals surface area contributed by atoms with E-state index in [1.807, 2.05) is 0 Å². The first-order chi connectivity index (χ1) is 5.45. The summed E-state index contributed by atoms with van der Waals surface area (Å²) < 4.78 is 38.9. The minimum Gasteiger partial charge on any atom is -0.466 e. The number of esters is 1. The fraction of sp³-hybridized carbons (Fsp3) is 0.500. The fourth-order valence-corrected chi connectivity index (χ4v) is 0.533. The van der Waals surface area contributed by atoms with E-state index in [0.717, 1.165) is 12.2 Å². The summed E-state index contributed by atoms with van der Waals surface area (Å²) in [5.41, 5.74) is 0. The Kier molecular flexibility index (Phi) is 9.99. The minimum atomic E-state index is -4.74. The van der Waals surface area contributed by atoms with Crippen molar-refractivity contribution in [1.29, 1.82) is 0 Å². The van der Waals surface area contributed by atoms with E-state index in [2.05, 4.69) is 4.74 Å². The van der Waals surface area contributed by atoms with E-state index >= 15 is 0 Å². The number of rotatable bonds is 4. The first-order valence-electron chi connectivity index (χ1n) is 3.41.